The molecule has 1 amide bonds. The Balaban J connectivity index is 1.73. The van der Waals surface area contributed by atoms with Crippen LogP contribution in [0.4, 0.5) is 11.6 Å². The van der Waals surface area contributed by atoms with Crippen LogP contribution in [0.15, 0.2) is 24.5 Å². The molecule has 0 unspecified atom stereocenters. The number of aliphatic hydroxyl groups excluding tert-OH is 1. The van der Waals surface area contributed by atoms with Gasteiger partial charge in [-0.2, -0.15) is 0 Å². The van der Waals surface area contributed by atoms with Gasteiger partial charge in [-0.3, -0.25) is 14.7 Å². The van der Waals surface area contributed by atoms with Gasteiger partial charge in [-0.05, 0) is 51.7 Å². The van der Waals surface area contributed by atoms with E-state index in [1.165, 1.54) is 11.1 Å². The summed E-state index contributed by atoms with van der Waals surface area (Å²) in [7, 11) is 0. The standard InChI is InChI=1S/C20H25N5O3/c1-20(2,28)16-8-3-12(9-21-16)15-10-22-18-19(24-15)25(17(27)11-23-18)13-4-6-14(26)7-5-13/h3,8-10,13-14,26,28H,4-7,11H2,1-2H3,(H,22,23)/t13-,14-/i11D2. The number of amides is 1. The number of hydrogen-bond donors (Lipinski definition) is 3. The van der Waals surface area contributed by atoms with Crippen LogP contribution in [-0.4, -0.2) is 49.7 Å². The molecule has 1 aliphatic carbocycles. The molecule has 1 saturated carbocycles. The SMILES string of the molecule is [2H]C1([2H])Nc2ncc(-c3ccc(C(C)(C)O)nc3)nc2N([C@H]2CC[C@H](O)CC2)C1=O. The van der Waals surface area contributed by atoms with Gasteiger partial charge in [0.1, 0.15) is 5.60 Å². The molecule has 0 bridgehead atoms. The molecule has 1 aliphatic heterocycles. The molecule has 1 fully saturated rings. The first-order valence-corrected chi connectivity index (χ1v) is 9.42. The Bertz CT molecular complexity index is 954. The number of carbonyl (C=O) groups excluding carboxylic acids is 1. The Kier molecular flexibility index (Phi) is 4.16. The van der Waals surface area contributed by atoms with Crippen molar-refractivity contribution >= 4 is 17.5 Å². The lowest BCUT2D eigenvalue weighted by molar-refractivity contribution is -0.118. The van der Waals surface area contributed by atoms with E-state index in [1.54, 1.807) is 32.2 Å². The molecule has 8 nitrogen and oxygen atoms in total. The number of fused-ring (bicyclic) bond motifs is 1. The van der Waals surface area contributed by atoms with Gasteiger partial charge in [-0.25, -0.2) is 9.97 Å². The number of aromatic nitrogens is 3. The number of pyridine rings is 1. The lowest BCUT2D eigenvalue weighted by Gasteiger charge is -2.38. The number of nitrogens with one attached hydrogen (secondary N) is 1. The zero-order valence-electron chi connectivity index (χ0n) is 17.9. The zero-order chi connectivity index (χ0) is 21.7. The number of rotatable bonds is 3. The second-order valence-electron chi connectivity index (χ2n) is 7.81. The summed E-state index contributed by atoms with van der Waals surface area (Å²) in [5.41, 5.74) is 0.606. The highest BCUT2D eigenvalue weighted by Crippen LogP contribution is 2.34. The minimum Gasteiger partial charge on any atom is -0.393 e. The van der Waals surface area contributed by atoms with E-state index in [1.807, 2.05) is 0 Å². The van der Waals surface area contributed by atoms with Crippen LogP contribution in [-0.2, 0) is 10.4 Å². The summed E-state index contributed by atoms with van der Waals surface area (Å²) < 4.78 is 16.1. The molecule has 0 radical (unpaired) electrons. The maximum atomic E-state index is 12.9. The normalized spacial score (nSPS) is 25.4. The number of aliphatic hydroxyl groups is 2. The van der Waals surface area contributed by atoms with Gasteiger partial charge in [0, 0.05) is 17.8 Å². The van der Waals surface area contributed by atoms with E-state index in [4.69, 9.17) is 2.74 Å². The second kappa shape index (κ2) is 7.10. The Morgan fingerprint density at radius 2 is 1.96 bits per heavy atom. The van der Waals surface area contributed by atoms with Crippen molar-refractivity contribution in [3.63, 3.8) is 0 Å². The van der Waals surface area contributed by atoms with Crippen LogP contribution in [0.5, 0.6) is 0 Å². The third kappa shape index (κ3) is 3.57. The van der Waals surface area contributed by atoms with Gasteiger partial charge in [0.05, 0.1) is 32.9 Å². The molecular weight excluding hydrogens is 358 g/mol. The molecule has 0 atom stereocenters. The average molecular weight is 385 g/mol. The topological polar surface area (TPSA) is 111 Å². The Labute approximate surface area is 166 Å². The summed E-state index contributed by atoms with van der Waals surface area (Å²) in [4.78, 5) is 27.5. The molecule has 148 valence electrons. The highest BCUT2D eigenvalue weighted by Gasteiger charge is 2.35. The molecule has 3 N–H and O–H groups in total. The van der Waals surface area contributed by atoms with Crippen LogP contribution in [0.3, 0.4) is 0 Å². The summed E-state index contributed by atoms with van der Waals surface area (Å²) in [6.07, 6.45) is 4.93. The molecule has 3 heterocycles. The quantitative estimate of drug-likeness (QED) is 0.739. The number of nitrogens with zero attached hydrogens (tertiary/aromatic N) is 4. The number of anilines is 2. The fourth-order valence-electron chi connectivity index (χ4n) is 3.61. The van der Waals surface area contributed by atoms with E-state index < -0.39 is 24.1 Å². The largest absolute Gasteiger partial charge is 0.393 e. The molecule has 0 spiro atoms. The van der Waals surface area contributed by atoms with Crippen molar-refractivity contribution in [1.29, 1.82) is 0 Å². The Morgan fingerprint density at radius 3 is 2.61 bits per heavy atom. The van der Waals surface area contributed by atoms with Crippen molar-refractivity contribution in [3.8, 4) is 11.3 Å². The van der Waals surface area contributed by atoms with Gasteiger partial charge in [-0.1, -0.05) is 0 Å². The van der Waals surface area contributed by atoms with Crippen LogP contribution in [0.25, 0.3) is 11.3 Å². The van der Waals surface area contributed by atoms with Gasteiger partial charge in [-0.15, -0.1) is 0 Å². The maximum Gasteiger partial charge on any atom is 0.247 e. The van der Waals surface area contributed by atoms with Crippen molar-refractivity contribution in [2.75, 3.05) is 16.7 Å². The summed E-state index contributed by atoms with van der Waals surface area (Å²) in [6.45, 7) is 1.02. The van der Waals surface area contributed by atoms with Crippen molar-refractivity contribution in [2.24, 2.45) is 0 Å². The first-order valence-electron chi connectivity index (χ1n) is 10.4. The van der Waals surface area contributed by atoms with Crippen molar-refractivity contribution < 1.29 is 17.7 Å². The molecule has 2 aromatic rings. The van der Waals surface area contributed by atoms with E-state index in [0.29, 0.717) is 42.6 Å². The predicted molar refractivity (Wildman–Crippen MR) is 105 cm³/mol. The van der Waals surface area contributed by atoms with Crippen LogP contribution in [0.1, 0.15) is 48.0 Å². The lowest BCUT2D eigenvalue weighted by Crippen LogP contribution is -2.49. The maximum absolute atomic E-state index is 12.9. The monoisotopic (exact) mass is 385 g/mol. The average Bonchev–Trinajstić information content (AvgIpc) is 2.69. The Morgan fingerprint density at radius 1 is 1.21 bits per heavy atom. The molecule has 4 rings (SSSR count). The lowest BCUT2D eigenvalue weighted by atomic mass is 9.91. The summed E-state index contributed by atoms with van der Waals surface area (Å²) >= 11 is 0. The van der Waals surface area contributed by atoms with Gasteiger partial charge in [0.25, 0.3) is 0 Å². The first-order chi connectivity index (χ1) is 14.1. The van der Waals surface area contributed by atoms with E-state index in [9.17, 15) is 15.0 Å². The summed E-state index contributed by atoms with van der Waals surface area (Å²) in [5, 5.41) is 22.4. The van der Waals surface area contributed by atoms with Crippen molar-refractivity contribution in [1.82, 2.24) is 15.0 Å². The van der Waals surface area contributed by atoms with E-state index >= 15 is 0 Å². The van der Waals surface area contributed by atoms with Crippen LogP contribution in [0.2, 0.25) is 0 Å². The zero-order valence-corrected chi connectivity index (χ0v) is 15.9. The molecule has 8 heteroatoms. The van der Waals surface area contributed by atoms with Gasteiger partial charge in [0.15, 0.2) is 11.6 Å². The number of hydrogen-bond acceptors (Lipinski definition) is 7. The van der Waals surface area contributed by atoms with E-state index in [-0.39, 0.29) is 17.7 Å². The van der Waals surface area contributed by atoms with Gasteiger partial charge >= 0.3 is 0 Å². The number of carbonyl (C=O) groups is 1. The van der Waals surface area contributed by atoms with Crippen LogP contribution in [0, 0.1) is 0 Å². The molecule has 28 heavy (non-hydrogen) atoms. The van der Waals surface area contributed by atoms with E-state index in [0.717, 1.165) is 0 Å². The fraction of sp³-hybridized carbons (Fsp3) is 0.500. The van der Waals surface area contributed by atoms with E-state index in [2.05, 4.69) is 20.3 Å². The Hall–Kier alpha value is -2.58. The molecular formula is C20H25N5O3. The minimum absolute atomic E-state index is 0.204. The van der Waals surface area contributed by atoms with Crippen LogP contribution >= 0.6 is 0 Å². The molecule has 0 aromatic carbocycles. The molecule has 0 saturated heterocycles. The highest BCUT2D eigenvalue weighted by molar-refractivity contribution is 6.01. The van der Waals surface area contributed by atoms with Crippen molar-refractivity contribution in [2.45, 2.75) is 57.3 Å². The molecule has 2 aromatic heterocycles. The first kappa shape index (κ1) is 16.4. The minimum atomic E-state index is -2.28. The third-order valence-electron chi connectivity index (χ3n) is 5.21. The molecule has 2 aliphatic rings. The fourth-order valence-corrected chi connectivity index (χ4v) is 3.61. The van der Waals surface area contributed by atoms with Gasteiger partial charge in [0.2, 0.25) is 5.91 Å². The summed E-state index contributed by atoms with van der Waals surface area (Å²) in [6, 6.07) is 3.23. The highest BCUT2D eigenvalue weighted by atomic mass is 16.3. The van der Waals surface area contributed by atoms with Crippen LogP contribution < -0.4 is 10.2 Å². The van der Waals surface area contributed by atoms with Gasteiger partial charge < -0.3 is 15.5 Å². The smallest absolute Gasteiger partial charge is 0.247 e. The second-order valence-corrected chi connectivity index (χ2v) is 7.81. The predicted octanol–water partition coefficient (Wildman–Crippen LogP) is 1.83. The third-order valence-corrected chi connectivity index (χ3v) is 5.21. The summed E-state index contributed by atoms with van der Waals surface area (Å²) in [5.74, 6) is -0.227. The van der Waals surface area contributed by atoms with Crippen molar-refractivity contribution in [3.05, 3.63) is 30.2 Å².